The SMILES string of the molecule is FC(F)(F)COc1ccc(C=NNc2nc(-c3ccccc3)cs2)cc1. The minimum absolute atomic E-state index is 0.153. The summed E-state index contributed by atoms with van der Waals surface area (Å²) in [4.78, 5) is 4.44. The monoisotopic (exact) mass is 377 g/mol. The lowest BCUT2D eigenvalue weighted by atomic mass is 10.2. The summed E-state index contributed by atoms with van der Waals surface area (Å²) in [5.74, 6) is 0.153. The summed E-state index contributed by atoms with van der Waals surface area (Å²) >= 11 is 1.43. The lowest BCUT2D eigenvalue weighted by Gasteiger charge is -2.08. The largest absolute Gasteiger partial charge is 0.484 e. The predicted molar refractivity (Wildman–Crippen MR) is 96.8 cm³/mol. The van der Waals surface area contributed by atoms with E-state index in [1.54, 1.807) is 18.3 Å². The highest BCUT2D eigenvalue weighted by molar-refractivity contribution is 7.14. The number of aromatic nitrogens is 1. The quantitative estimate of drug-likeness (QED) is 0.475. The van der Waals surface area contributed by atoms with Crippen LogP contribution in [0.5, 0.6) is 5.75 Å². The minimum atomic E-state index is -4.35. The zero-order valence-electron chi connectivity index (χ0n) is 13.4. The van der Waals surface area contributed by atoms with Crippen LogP contribution in [0.25, 0.3) is 11.3 Å². The average Bonchev–Trinajstić information content (AvgIpc) is 3.10. The molecule has 0 fully saturated rings. The van der Waals surface area contributed by atoms with Crippen molar-refractivity contribution in [1.29, 1.82) is 0 Å². The number of alkyl halides is 3. The van der Waals surface area contributed by atoms with Crippen LogP contribution in [0.2, 0.25) is 0 Å². The van der Waals surface area contributed by atoms with Crippen LogP contribution in [0.3, 0.4) is 0 Å². The van der Waals surface area contributed by atoms with Crippen molar-refractivity contribution in [2.75, 3.05) is 12.0 Å². The van der Waals surface area contributed by atoms with Crippen LogP contribution in [0.1, 0.15) is 5.56 Å². The fourth-order valence-electron chi connectivity index (χ4n) is 2.04. The van der Waals surface area contributed by atoms with E-state index in [0.717, 1.165) is 16.8 Å². The van der Waals surface area contributed by atoms with Crippen molar-refractivity contribution in [3.05, 3.63) is 65.5 Å². The molecule has 1 aromatic heterocycles. The molecule has 134 valence electrons. The summed E-state index contributed by atoms with van der Waals surface area (Å²) in [6, 6.07) is 16.0. The number of thiazole rings is 1. The smallest absolute Gasteiger partial charge is 0.422 e. The second kappa shape index (κ2) is 8.01. The molecule has 1 heterocycles. The van der Waals surface area contributed by atoms with E-state index in [1.807, 2.05) is 35.7 Å². The Bertz CT molecular complexity index is 861. The molecule has 0 spiro atoms. The van der Waals surface area contributed by atoms with Crippen LogP contribution in [0.4, 0.5) is 18.3 Å². The van der Waals surface area contributed by atoms with Gasteiger partial charge in [-0.3, -0.25) is 5.43 Å². The molecule has 0 bridgehead atoms. The Hall–Kier alpha value is -2.87. The number of benzene rings is 2. The van der Waals surface area contributed by atoms with Gasteiger partial charge in [0.15, 0.2) is 6.61 Å². The van der Waals surface area contributed by atoms with Gasteiger partial charge in [-0.1, -0.05) is 30.3 Å². The van der Waals surface area contributed by atoms with E-state index in [4.69, 9.17) is 0 Å². The maximum atomic E-state index is 12.1. The summed E-state index contributed by atoms with van der Waals surface area (Å²) in [5.41, 5.74) is 5.44. The molecule has 0 saturated carbocycles. The Kier molecular flexibility index (Phi) is 5.52. The first kappa shape index (κ1) is 17.9. The molecule has 0 saturated heterocycles. The molecule has 4 nitrogen and oxygen atoms in total. The average molecular weight is 377 g/mol. The summed E-state index contributed by atoms with van der Waals surface area (Å²) in [7, 11) is 0. The third-order valence-electron chi connectivity index (χ3n) is 3.23. The minimum Gasteiger partial charge on any atom is -0.484 e. The Morgan fingerprint density at radius 2 is 1.81 bits per heavy atom. The van der Waals surface area contributed by atoms with Crippen molar-refractivity contribution in [3.8, 4) is 17.0 Å². The van der Waals surface area contributed by atoms with Crippen molar-refractivity contribution in [3.63, 3.8) is 0 Å². The highest BCUT2D eigenvalue weighted by Crippen LogP contribution is 2.24. The fraction of sp³-hybridized carbons (Fsp3) is 0.111. The molecule has 1 N–H and O–H groups in total. The van der Waals surface area contributed by atoms with Crippen LogP contribution in [0.15, 0.2) is 65.1 Å². The van der Waals surface area contributed by atoms with Crippen molar-refractivity contribution in [2.45, 2.75) is 6.18 Å². The van der Waals surface area contributed by atoms with Gasteiger partial charge >= 0.3 is 6.18 Å². The molecule has 0 radical (unpaired) electrons. The molecule has 8 heteroatoms. The number of hydrogen-bond acceptors (Lipinski definition) is 5. The molecule has 2 aromatic carbocycles. The maximum Gasteiger partial charge on any atom is 0.422 e. The second-order valence-corrected chi connectivity index (χ2v) is 6.10. The lowest BCUT2D eigenvalue weighted by Crippen LogP contribution is -2.19. The lowest BCUT2D eigenvalue weighted by molar-refractivity contribution is -0.153. The van der Waals surface area contributed by atoms with Crippen molar-refractivity contribution < 1.29 is 17.9 Å². The van der Waals surface area contributed by atoms with Crippen LogP contribution in [-0.2, 0) is 0 Å². The number of hydrogen-bond donors (Lipinski definition) is 1. The third kappa shape index (κ3) is 5.32. The van der Waals surface area contributed by atoms with Gasteiger partial charge in [0.1, 0.15) is 5.75 Å². The van der Waals surface area contributed by atoms with Gasteiger partial charge in [-0.05, 0) is 29.8 Å². The van der Waals surface area contributed by atoms with E-state index in [9.17, 15) is 13.2 Å². The van der Waals surface area contributed by atoms with Gasteiger partial charge in [-0.25, -0.2) is 4.98 Å². The summed E-state index contributed by atoms with van der Waals surface area (Å²) in [5, 5.41) is 6.66. The predicted octanol–water partition coefficient (Wildman–Crippen LogP) is 5.20. The Morgan fingerprint density at radius 3 is 2.50 bits per heavy atom. The topological polar surface area (TPSA) is 46.5 Å². The van der Waals surface area contributed by atoms with Crippen molar-refractivity contribution >= 4 is 22.7 Å². The van der Waals surface area contributed by atoms with Crippen LogP contribution in [0, 0.1) is 0 Å². The first-order chi connectivity index (χ1) is 12.5. The molecule has 3 rings (SSSR count). The van der Waals surface area contributed by atoms with E-state index in [1.165, 1.54) is 23.5 Å². The molecular formula is C18H14F3N3OS. The van der Waals surface area contributed by atoms with Crippen LogP contribution < -0.4 is 10.2 Å². The number of nitrogens with zero attached hydrogens (tertiary/aromatic N) is 2. The second-order valence-electron chi connectivity index (χ2n) is 5.25. The third-order valence-corrected chi connectivity index (χ3v) is 3.98. The molecule has 0 atom stereocenters. The Balaban J connectivity index is 1.55. The van der Waals surface area contributed by atoms with Gasteiger partial charge in [0.25, 0.3) is 0 Å². The van der Waals surface area contributed by atoms with Gasteiger partial charge in [0.2, 0.25) is 5.13 Å². The number of ether oxygens (including phenoxy) is 1. The molecule has 0 amide bonds. The molecule has 0 aliphatic carbocycles. The standard InChI is InChI=1S/C18H14F3N3OS/c19-18(20,21)12-25-15-8-6-13(7-9-15)10-22-24-17-23-16(11-26-17)14-4-2-1-3-5-14/h1-11H,12H2,(H,23,24). The molecule has 0 unspecified atom stereocenters. The molecule has 26 heavy (non-hydrogen) atoms. The van der Waals surface area contributed by atoms with Gasteiger partial charge < -0.3 is 4.74 Å². The molecule has 0 aliphatic heterocycles. The molecule has 3 aromatic rings. The van der Waals surface area contributed by atoms with Gasteiger partial charge in [-0.15, -0.1) is 11.3 Å². The number of halogens is 3. The van der Waals surface area contributed by atoms with Crippen LogP contribution >= 0.6 is 11.3 Å². The Labute approximate surface area is 152 Å². The normalized spacial score (nSPS) is 11.7. The summed E-state index contributed by atoms with van der Waals surface area (Å²) in [6.45, 7) is -1.31. The zero-order chi connectivity index (χ0) is 18.4. The summed E-state index contributed by atoms with van der Waals surface area (Å²) in [6.07, 6.45) is -2.80. The number of rotatable bonds is 6. The van der Waals surface area contributed by atoms with Crippen molar-refractivity contribution in [2.24, 2.45) is 5.10 Å². The van der Waals surface area contributed by atoms with Crippen molar-refractivity contribution in [1.82, 2.24) is 4.98 Å². The Morgan fingerprint density at radius 1 is 1.08 bits per heavy atom. The highest BCUT2D eigenvalue weighted by Gasteiger charge is 2.28. The van der Waals surface area contributed by atoms with E-state index >= 15 is 0 Å². The number of nitrogens with one attached hydrogen (secondary N) is 1. The maximum absolute atomic E-state index is 12.1. The number of hydrazone groups is 1. The first-order valence-corrected chi connectivity index (χ1v) is 8.47. The number of anilines is 1. The van der Waals surface area contributed by atoms with E-state index in [-0.39, 0.29) is 5.75 Å². The highest BCUT2D eigenvalue weighted by atomic mass is 32.1. The van der Waals surface area contributed by atoms with E-state index in [0.29, 0.717) is 5.13 Å². The molecule has 0 aliphatic rings. The van der Waals surface area contributed by atoms with Gasteiger partial charge in [-0.2, -0.15) is 18.3 Å². The molecular weight excluding hydrogens is 363 g/mol. The zero-order valence-corrected chi connectivity index (χ0v) is 14.2. The van der Waals surface area contributed by atoms with E-state index in [2.05, 4.69) is 20.2 Å². The van der Waals surface area contributed by atoms with Crippen LogP contribution in [-0.4, -0.2) is 24.0 Å². The van der Waals surface area contributed by atoms with E-state index < -0.39 is 12.8 Å². The van der Waals surface area contributed by atoms with Gasteiger partial charge in [0, 0.05) is 10.9 Å². The summed E-state index contributed by atoms with van der Waals surface area (Å²) < 4.78 is 40.9. The van der Waals surface area contributed by atoms with Gasteiger partial charge in [0.05, 0.1) is 11.9 Å². The fourth-order valence-corrected chi connectivity index (χ4v) is 2.71. The first-order valence-electron chi connectivity index (χ1n) is 7.59.